The van der Waals surface area contributed by atoms with Gasteiger partial charge in [-0.1, -0.05) is 6.07 Å². The Morgan fingerprint density at radius 3 is 2.96 bits per heavy atom. The molecule has 1 unspecified atom stereocenters. The maximum atomic E-state index is 11.8. The number of nitrogens with one attached hydrogen (secondary N) is 1. The molecule has 2 aliphatic heterocycles. The zero-order valence-electron chi connectivity index (χ0n) is 14.9. The zero-order chi connectivity index (χ0) is 19.3. The van der Waals surface area contributed by atoms with Gasteiger partial charge in [0.25, 0.3) is 5.91 Å². The lowest BCUT2D eigenvalue weighted by atomic mass is 10.2. The van der Waals surface area contributed by atoms with E-state index in [1.165, 1.54) is 6.20 Å². The van der Waals surface area contributed by atoms with Gasteiger partial charge in [0, 0.05) is 32.4 Å². The van der Waals surface area contributed by atoms with E-state index in [4.69, 9.17) is 10.7 Å². The summed E-state index contributed by atoms with van der Waals surface area (Å²) in [5.41, 5.74) is 7.60. The maximum absolute atomic E-state index is 11.8. The van der Waals surface area contributed by atoms with Crippen LogP contribution < -0.4 is 16.0 Å². The quantitative estimate of drug-likeness (QED) is 0.667. The molecule has 1 atom stereocenters. The highest BCUT2D eigenvalue weighted by atomic mass is 16.2. The largest absolute Gasteiger partial charge is 0.364 e. The summed E-state index contributed by atoms with van der Waals surface area (Å²) in [4.78, 5) is 40.5. The second kappa shape index (κ2) is 6.19. The van der Waals surface area contributed by atoms with Crippen molar-refractivity contribution in [1.29, 1.82) is 0 Å². The third-order valence-electron chi connectivity index (χ3n) is 5.20. The highest BCUT2D eigenvalue weighted by molar-refractivity contribution is 5.90. The molecule has 0 radical (unpaired) electrons. The van der Waals surface area contributed by atoms with E-state index in [2.05, 4.69) is 20.2 Å². The zero-order valence-corrected chi connectivity index (χ0v) is 14.9. The second-order valence-corrected chi connectivity index (χ2v) is 6.87. The number of hydrogen-bond donors (Lipinski definition) is 2. The number of carbonyl (C=O) groups excluding carboxylic acids is 2. The number of anilines is 1. The number of carbonyl (C=O) groups is 2. The van der Waals surface area contributed by atoms with Crippen molar-refractivity contribution in [2.75, 3.05) is 31.1 Å². The minimum atomic E-state index is -0.596. The molecular weight excluding hydrogens is 360 g/mol. The van der Waals surface area contributed by atoms with Crippen molar-refractivity contribution in [3.8, 4) is 11.4 Å². The Labute approximate surface area is 160 Å². The van der Waals surface area contributed by atoms with Crippen molar-refractivity contribution in [3.05, 3.63) is 42.5 Å². The molecule has 2 aliphatic rings. The molecule has 0 spiro atoms. The topological polar surface area (TPSA) is 122 Å². The highest BCUT2D eigenvalue weighted by Crippen LogP contribution is 2.24. The first kappa shape index (κ1) is 16.5. The van der Waals surface area contributed by atoms with Gasteiger partial charge < -0.3 is 20.9 Å². The molecule has 5 heterocycles. The van der Waals surface area contributed by atoms with Crippen LogP contribution in [0.25, 0.3) is 17.0 Å². The molecule has 3 N–H and O–H groups in total. The van der Waals surface area contributed by atoms with Gasteiger partial charge in [-0.05, 0) is 12.1 Å². The van der Waals surface area contributed by atoms with E-state index in [-0.39, 0.29) is 17.8 Å². The summed E-state index contributed by atoms with van der Waals surface area (Å²) in [6, 6.07) is 5.97. The molecule has 3 aromatic heterocycles. The number of hydrogen-bond acceptors (Lipinski definition) is 6. The van der Waals surface area contributed by atoms with Crippen molar-refractivity contribution >= 4 is 23.4 Å². The Balaban J connectivity index is 1.48. The lowest BCUT2D eigenvalue weighted by Gasteiger charge is -2.37. The Morgan fingerprint density at radius 1 is 1.21 bits per heavy atom. The molecule has 0 saturated carbocycles. The number of imidazole rings is 1. The molecule has 142 valence electrons. The predicted molar refractivity (Wildman–Crippen MR) is 101 cm³/mol. The van der Waals surface area contributed by atoms with Crippen LogP contribution >= 0.6 is 0 Å². The smallest absolute Gasteiger partial charge is 0.317 e. The monoisotopic (exact) mass is 378 g/mol. The molecule has 5 rings (SSSR count). The van der Waals surface area contributed by atoms with E-state index >= 15 is 0 Å². The number of primary amides is 1. The number of nitrogens with two attached hydrogens (primary N) is 1. The van der Waals surface area contributed by atoms with Gasteiger partial charge in [0.1, 0.15) is 11.5 Å². The fourth-order valence-corrected chi connectivity index (χ4v) is 3.76. The molecule has 0 bridgehead atoms. The standard InChI is InChI=1S/C18H18N8O2/c19-17(27)13-10-26-14(7-21-16(26)8-20-13)12-2-1-3-15(23-12)24-4-5-25-11(9-24)6-22-18(25)28/h1-3,7-8,10-11H,4-6,9H2,(H2,19,27)(H,22,28). The molecule has 2 saturated heterocycles. The third-order valence-corrected chi connectivity index (χ3v) is 5.20. The number of amides is 3. The van der Waals surface area contributed by atoms with Crippen molar-refractivity contribution in [2.45, 2.75) is 6.04 Å². The first-order chi connectivity index (χ1) is 13.6. The molecule has 3 aromatic rings. The SMILES string of the molecule is NC(=O)c1cn2c(-c3cccc(N4CCN5C(=O)NCC5C4)n3)cnc2cn1. The van der Waals surface area contributed by atoms with E-state index in [1.807, 2.05) is 23.1 Å². The van der Waals surface area contributed by atoms with Crippen LogP contribution in [0.1, 0.15) is 10.5 Å². The molecule has 0 aromatic carbocycles. The summed E-state index contributed by atoms with van der Waals surface area (Å²) in [6.07, 6.45) is 4.78. The average Bonchev–Trinajstić information content (AvgIpc) is 3.31. The number of nitrogens with zero attached hydrogens (tertiary/aromatic N) is 6. The first-order valence-electron chi connectivity index (χ1n) is 9.00. The maximum Gasteiger partial charge on any atom is 0.317 e. The molecule has 0 aliphatic carbocycles. The Bertz CT molecular complexity index is 1090. The van der Waals surface area contributed by atoms with Crippen molar-refractivity contribution in [3.63, 3.8) is 0 Å². The minimum absolute atomic E-state index is 0.0101. The summed E-state index contributed by atoms with van der Waals surface area (Å²) < 4.78 is 1.76. The van der Waals surface area contributed by atoms with Gasteiger partial charge in [-0.3, -0.25) is 9.20 Å². The Hall–Kier alpha value is -3.69. The lowest BCUT2D eigenvalue weighted by Crippen LogP contribution is -2.52. The third kappa shape index (κ3) is 2.61. The molecule has 10 nitrogen and oxygen atoms in total. The van der Waals surface area contributed by atoms with Crippen molar-refractivity contribution in [1.82, 2.24) is 29.6 Å². The molecular formula is C18H18N8O2. The predicted octanol–water partition coefficient (Wildman–Crippen LogP) is 0.104. The fraction of sp³-hybridized carbons (Fsp3) is 0.278. The van der Waals surface area contributed by atoms with Gasteiger partial charge in [-0.25, -0.2) is 19.7 Å². The summed E-state index contributed by atoms with van der Waals surface area (Å²) in [5.74, 6) is 0.247. The van der Waals surface area contributed by atoms with Gasteiger partial charge in [0.2, 0.25) is 0 Å². The van der Waals surface area contributed by atoms with Gasteiger partial charge >= 0.3 is 6.03 Å². The average molecular weight is 378 g/mol. The van der Waals surface area contributed by atoms with Gasteiger partial charge in [-0.15, -0.1) is 0 Å². The number of aromatic nitrogens is 4. The van der Waals surface area contributed by atoms with Gasteiger partial charge in [0.05, 0.1) is 29.8 Å². The van der Waals surface area contributed by atoms with E-state index < -0.39 is 5.91 Å². The number of rotatable bonds is 3. The fourth-order valence-electron chi connectivity index (χ4n) is 3.76. The molecule has 28 heavy (non-hydrogen) atoms. The van der Waals surface area contributed by atoms with Crippen LogP contribution in [-0.4, -0.2) is 68.4 Å². The highest BCUT2D eigenvalue weighted by Gasteiger charge is 2.35. The van der Waals surface area contributed by atoms with Crippen LogP contribution in [0.4, 0.5) is 10.6 Å². The summed E-state index contributed by atoms with van der Waals surface area (Å²) in [6.45, 7) is 2.79. The number of fused-ring (bicyclic) bond motifs is 2. The molecule has 3 amide bonds. The molecule has 10 heteroatoms. The van der Waals surface area contributed by atoms with Gasteiger partial charge in [-0.2, -0.15) is 0 Å². The van der Waals surface area contributed by atoms with Gasteiger partial charge in [0.15, 0.2) is 5.65 Å². The Kier molecular flexibility index (Phi) is 3.64. The van der Waals surface area contributed by atoms with Crippen LogP contribution in [0.15, 0.2) is 36.8 Å². The van der Waals surface area contributed by atoms with E-state index in [1.54, 1.807) is 16.8 Å². The van der Waals surface area contributed by atoms with Crippen molar-refractivity contribution < 1.29 is 9.59 Å². The number of piperazine rings is 1. The summed E-state index contributed by atoms with van der Waals surface area (Å²) in [7, 11) is 0. The molecule has 2 fully saturated rings. The normalized spacial score (nSPS) is 19.0. The van der Waals surface area contributed by atoms with Crippen LogP contribution in [0.3, 0.4) is 0 Å². The van der Waals surface area contributed by atoms with E-state index in [0.29, 0.717) is 18.7 Å². The second-order valence-electron chi connectivity index (χ2n) is 6.87. The van der Waals surface area contributed by atoms with Crippen LogP contribution in [0, 0.1) is 0 Å². The summed E-state index contributed by atoms with van der Waals surface area (Å²) in [5, 5.41) is 2.89. The van der Waals surface area contributed by atoms with Crippen molar-refractivity contribution in [2.24, 2.45) is 5.73 Å². The van der Waals surface area contributed by atoms with E-state index in [0.717, 1.165) is 30.3 Å². The van der Waals surface area contributed by atoms with Crippen LogP contribution in [-0.2, 0) is 0 Å². The van der Waals surface area contributed by atoms with E-state index in [9.17, 15) is 9.59 Å². The minimum Gasteiger partial charge on any atom is -0.364 e. The lowest BCUT2D eigenvalue weighted by molar-refractivity contribution is 0.0995. The Morgan fingerprint density at radius 2 is 2.11 bits per heavy atom. The van der Waals surface area contributed by atoms with Crippen LogP contribution in [0.5, 0.6) is 0 Å². The summed E-state index contributed by atoms with van der Waals surface area (Å²) >= 11 is 0. The number of pyridine rings is 1. The van der Waals surface area contributed by atoms with Crippen LogP contribution in [0.2, 0.25) is 0 Å². The first-order valence-corrected chi connectivity index (χ1v) is 9.00. The number of urea groups is 1.